The number of nitrogens with one attached hydrogen (secondary N) is 1. The lowest BCUT2D eigenvalue weighted by Crippen LogP contribution is -2.38. The quantitative estimate of drug-likeness (QED) is 0.927. The Labute approximate surface area is 119 Å². The van der Waals surface area contributed by atoms with E-state index in [1.807, 2.05) is 25.5 Å². The number of aromatic nitrogens is 2. The number of hydrogen-bond donors (Lipinski definition) is 1. The highest BCUT2D eigenvalue weighted by atomic mass is 16.5. The molecule has 0 amide bonds. The molecule has 4 nitrogen and oxygen atoms in total. The minimum absolute atomic E-state index is 0.138. The molecule has 0 spiro atoms. The maximum absolute atomic E-state index is 5.44. The average Bonchev–Trinajstić information content (AvgIpc) is 2.93. The van der Waals surface area contributed by atoms with Crippen molar-refractivity contribution in [2.24, 2.45) is 7.05 Å². The van der Waals surface area contributed by atoms with Crippen LogP contribution in [0.3, 0.4) is 0 Å². The van der Waals surface area contributed by atoms with Gasteiger partial charge in [0.05, 0.1) is 6.04 Å². The summed E-state index contributed by atoms with van der Waals surface area (Å²) in [6.45, 7) is 1.69. The van der Waals surface area contributed by atoms with Crippen LogP contribution in [0.15, 0.2) is 42.7 Å². The summed E-state index contributed by atoms with van der Waals surface area (Å²) in [7, 11) is 2.05. The van der Waals surface area contributed by atoms with Gasteiger partial charge in [0.1, 0.15) is 5.82 Å². The number of benzene rings is 1. The molecule has 2 aromatic rings. The summed E-state index contributed by atoms with van der Waals surface area (Å²) in [6, 6.07) is 11.2. The Kier molecular flexibility index (Phi) is 4.14. The number of nitrogens with zero attached hydrogens (tertiary/aromatic N) is 2. The Balaban J connectivity index is 1.85. The molecule has 1 aromatic heterocycles. The van der Waals surface area contributed by atoms with E-state index in [1.165, 1.54) is 5.56 Å². The van der Waals surface area contributed by atoms with Crippen LogP contribution in [0, 0.1) is 0 Å². The van der Waals surface area contributed by atoms with Gasteiger partial charge in [-0.05, 0) is 18.4 Å². The van der Waals surface area contributed by atoms with Crippen molar-refractivity contribution in [1.82, 2.24) is 14.9 Å². The van der Waals surface area contributed by atoms with Crippen molar-refractivity contribution in [1.29, 1.82) is 0 Å². The van der Waals surface area contributed by atoms with Crippen LogP contribution >= 0.6 is 0 Å². The third kappa shape index (κ3) is 2.92. The van der Waals surface area contributed by atoms with Gasteiger partial charge in [0.15, 0.2) is 0 Å². The van der Waals surface area contributed by atoms with Gasteiger partial charge in [-0.25, -0.2) is 4.98 Å². The Bertz CT molecular complexity index is 532. The Morgan fingerprint density at radius 3 is 2.65 bits per heavy atom. The largest absolute Gasteiger partial charge is 0.381 e. The zero-order valence-electron chi connectivity index (χ0n) is 11.8. The third-order valence-electron chi connectivity index (χ3n) is 3.87. The highest BCUT2D eigenvalue weighted by molar-refractivity contribution is 5.25. The molecule has 0 saturated carbocycles. The maximum atomic E-state index is 5.44. The van der Waals surface area contributed by atoms with E-state index >= 15 is 0 Å². The van der Waals surface area contributed by atoms with E-state index in [4.69, 9.17) is 4.74 Å². The first-order valence-electron chi connectivity index (χ1n) is 7.20. The van der Waals surface area contributed by atoms with Crippen LogP contribution < -0.4 is 5.32 Å². The topological polar surface area (TPSA) is 39.1 Å². The van der Waals surface area contributed by atoms with E-state index in [1.54, 1.807) is 0 Å². The van der Waals surface area contributed by atoms with Crippen LogP contribution in [-0.4, -0.2) is 28.8 Å². The van der Waals surface area contributed by atoms with E-state index in [2.05, 4.69) is 39.1 Å². The molecule has 3 rings (SSSR count). The molecule has 1 aliphatic heterocycles. The summed E-state index contributed by atoms with van der Waals surface area (Å²) in [6.07, 6.45) is 5.98. The Morgan fingerprint density at radius 1 is 1.25 bits per heavy atom. The molecule has 1 fully saturated rings. The predicted molar refractivity (Wildman–Crippen MR) is 78.5 cm³/mol. The molecular formula is C16H21N3O. The van der Waals surface area contributed by atoms with Crippen molar-refractivity contribution < 1.29 is 4.74 Å². The summed E-state index contributed by atoms with van der Waals surface area (Å²) in [5.41, 5.74) is 1.26. The Hall–Kier alpha value is -1.65. The molecule has 0 radical (unpaired) electrons. The summed E-state index contributed by atoms with van der Waals surface area (Å²) in [5.74, 6) is 1.06. The van der Waals surface area contributed by atoms with Crippen molar-refractivity contribution in [3.8, 4) is 0 Å². The molecule has 0 bridgehead atoms. The fourth-order valence-electron chi connectivity index (χ4n) is 2.72. The first-order valence-corrected chi connectivity index (χ1v) is 7.20. The zero-order valence-corrected chi connectivity index (χ0v) is 11.8. The fourth-order valence-corrected chi connectivity index (χ4v) is 2.72. The SMILES string of the molecule is Cn1ccnc1[C@@H](NC1CCOCC1)c1ccccc1. The van der Waals surface area contributed by atoms with E-state index < -0.39 is 0 Å². The number of hydrogen-bond acceptors (Lipinski definition) is 3. The molecule has 2 heterocycles. The Morgan fingerprint density at radius 2 is 2.00 bits per heavy atom. The molecule has 4 heteroatoms. The van der Waals surface area contributed by atoms with E-state index in [0.717, 1.165) is 31.9 Å². The van der Waals surface area contributed by atoms with Crippen LogP contribution in [0.5, 0.6) is 0 Å². The molecule has 1 aliphatic rings. The van der Waals surface area contributed by atoms with Crippen molar-refractivity contribution in [2.45, 2.75) is 24.9 Å². The van der Waals surface area contributed by atoms with Gasteiger partial charge in [-0.3, -0.25) is 0 Å². The van der Waals surface area contributed by atoms with Gasteiger partial charge in [-0.2, -0.15) is 0 Å². The van der Waals surface area contributed by atoms with E-state index in [-0.39, 0.29) is 6.04 Å². The monoisotopic (exact) mass is 271 g/mol. The van der Waals surface area contributed by atoms with Crippen LogP contribution in [0.4, 0.5) is 0 Å². The van der Waals surface area contributed by atoms with Crippen LogP contribution in [-0.2, 0) is 11.8 Å². The van der Waals surface area contributed by atoms with Crippen molar-refractivity contribution in [2.75, 3.05) is 13.2 Å². The molecule has 1 atom stereocenters. The van der Waals surface area contributed by atoms with Gasteiger partial charge in [0, 0.05) is 38.7 Å². The molecule has 1 N–H and O–H groups in total. The summed E-state index contributed by atoms with van der Waals surface area (Å²) in [4.78, 5) is 4.53. The third-order valence-corrected chi connectivity index (χ3v) is 3.87. The van der Waals surface area contributed by atoms with Crippen molar-refractivity contribution in [3.05, 3.63) is 54.1 Å². The van der Waals surface area contributed by atoms with Gasteiger partial charge in [-0.1, -0.05) is 30.3 Å². The fraction of sp³-hybridized carbons (Fsp3) is 0.438. The minimum atomic E-state index is 0.138. The second-order valence-corrected chi connectivity index (χ2v) is 5.29. The molecule has 0 aliphatic carbocycles. The first-order chi connectivity index (χ1) is 9.84. The minimum Gasteiger partial charge on any atom is -0.381 e. The maximum Gasteiger partial charge on any atom is 0.130 e. The standard InChI is InChI=1S/C16H21N3O/c1-19-10-9-17-16(19)15(13-5-3-2-4-6-13)18-14-7-11-20-12-8-14/h2-6,9-10,14-15,18H,7-8,11-12H2,1H3/t15-/m0/s1. The normalized spacial score (nSPS) is 18.1. The molecule has 1 aromatic carbocycles. The lowest BCUT2D eigenvalue weighted by Gasteiger charge is -2.28. The second-order valence-electron chi connectivity index (χ2n) is 5.29. The highest BCUT2D eigenvalue weighted by Gasteiger charge is 2.23. The van der Waals surface area contributed by atoms with Crippen molar-refractivity contribution in [3.63, 3.8) is 0 Å². The lowest BCUT2D eigenvalue weighted by atomic mass is 10.0. The first kappa shape index (κ1) is 13.3. The molecule has 0 unspecified atom stereocenters. The van der Waals surface area contributed by atoms with Gasteiger partial charge < -0.3 is 14.6 Å². The molecule has 106 valence electrons. The van der Waals surface area contributed by atoms with Crippen molar-refractivity contribution >= 4 is 0 Å². The predicted octanol–water partition coefficient (Wildman–Crippen LogP) is 2.28. The number of aryl methyl sites for hydroxylation is 1. The molecule has 1 saturated heterocycles. The van der Waals surface area contributed by atoms with Crippen LogP contribution in [0.1, 0.15) is 30.3 Å². The van der Waals surface area contributed by atoms with Gasteiger partial charge in [-0.15, -0.1) is 0 Å². The highest BCUT2D eigenvalue weighted by Crippen LogP contribution is 2.22. The molecular weight excluding hydrogens is 250 g/mol. The summed E-state index contributed by atoms with van der Waals surface area (Å²) < 4.78 is 7.53. The van der Waals surface area contributed by atoms with Gasteiger partial charge >= 0.3 is 0 Å². The van der Waals surface area contributed by atoms with E-state index in [0.29, 0.717) is 6.04 Å². The molecule has 20 heavy (non-hydrogen) atoms. The van der Waals surface area contributed by atoms with Gasteiger partial charge in [0.25, 0.3) is 0 Å². The number of ether oxygens (including phenoxy) is 1. The summed E-state index contributed by atoms with van der Waals surface area (Å²) in [5, 5.41) is 3.75. The lowest BCUT2D eigenvalue weighted by molar-refractivity contribution is 0.0757. The van der Waals surface area contributed by atoms with Crippen LogP contribution in [0.2, 0.25) is 0 Å². The summed E-state index contributed by atoms with van der Waals surface area (Å²) >= 11 is 0. The van der Waals surface area contributed by atoms with Crippen LogP contribution in [0.25, 0.3) is 0 Å². The number of imidazole rings is 1. The second kappa shape index (κ2) is 6.20. The zero-order chi connectivity index (χ0) is 13.8. The van der Waals surface area contributed by atoms with E-state index in [9.17, 15) is 0 Å². The average molecular weight is 271 g/mol. The van der Waals surface area contributed by atoms with Gasteiger partial charge in [0.2, 0.25) is 0 Å². The smallest absolute Gasteiger partial charge is 0.130 e. The number of rotatable bonds is 4.